The van der Waals surface area contributed by atoms with Crippen molar-refractivity contribution < 1.29 is 4.79 Å². The zero-order valence-corrected chi connectivity index (χ0v) is 17.9. The second-order valence-electron chi connectivity index (χ2n) is 6.75. The van der Waals surface area contributed by atoms with Crippen LogP contribution in [0, 0.1) is 6.92 Å². The van der Waals surface area contributed by atoms with Gasteiger partial charge in [0, 0.05) is 17.9 Å². The summed E-state index contributed by atoms with van der Waals surface area (Å²) in [5, 5.41) is 15.6. The van der Waals surface area contributed by atoms with E-state index < -0.39 is 0 Å². The minimum atomic E-state index is -0.0516. The van der Waals surface area contributed by atoms with Crippen molar-refractivity contribution in [3.05, 3.63) is 65.5 Å². The maximum Gasteiger partial charge on any atom is 0.234 e. The lowest BCUT2D eigenvalue weighted by atomic mass is 10.1. The molecule has 7 heteroatoms. The Morgan fingerprint density at radius 2 is 1.69 bits per heavy atom. The van der Waals surface area contributed by atoms with Crippen molar-refractivity contribution in [2.45, 2.75) is 45.4 Å². The van der Waals surface area contributed by atoms with E-state index in [0.29, 0.717) is 12.3 Å². The van der Waals surface area contributed by atoms with Crippen molar-refractivity contribution in [1.29, 1.82) is 0 Å². The fourth-order valence-electron chi connectivity index (χ4n) is 2.88. The van der Waals surface area contributed by atoms with Crippen LogP contribution in [0.5, 0.6) is 0 Å². The molecule has 1 heterocycles. The lowest BCUT2D eigenvalue weighted by Crippen LogP contribution is -2.15. The molecule has 0 bridgehead atoms. The Balaban J connectivity index is 1.54. The topological polar surface area (TPSA) is 71.8 Å². The quantitative estimate of drug-likeness (QED) is 0.509. The van der Waals surface area contributed by atoms with Crippen LogP contribution in [-0.4, -0.2) is 26.4 Å². The first kappa shape index (κ1) is 20.9. The monoisotopic (exact) mass is 409 g/mol. The standard InChI is InChI=1S/C22H27N5OS/c1-4-17-8-12-19(13-9-17)24-21(28)15-29-22-26-25-20(27(22)5-2)14-23-18-10-6-16(3)7-11-18/h6-13,23H,4-5,14-15H2,1-3H3,(H,24,28). The Bertz CT molecular complexity index is 935. The van der Waals surface area contributed by atoms with Gasteiger partial charge in [0.05, 0.1) is 12.3 Å². The fourth-order valence-corrected chi connectivity index (χ4v) is 3.70. The van der Waals surface area contributed by atoms with Gasteiger partial charge in [-0.15, -0.1) is 10.2 Å². The van der Waals surface area contributed by atoms with Crippen molar-refractivity contribution in [3.8, 4) is 0 Å². The van der Waals surface area contributed by atoms with Gasteiger partial charge >= 0.3 is 0 Å². The van der Waals surface area contributed by atoms with Crippen LogP contribution in [0.15, 0.2) is 53.7 Å². The molecule has 2 N–H and O–H groups in total. The molecular weight excluding hydrogens is 382 g/mol. The van der Waals surface area contributed by atoms with Crippen LogP contribution < -0.4 is 10.6 Å². The summed E-state index contributed by atoms with van der Waals surface area (Å²) in [6.45, 7) is 7.56. The first-order valence-electron chi connectivity index (χ1n) is 9.83. The number of aromatic nitrogens is 3. The third-order valence-corrected chi connectivity index (χ3v) is 5.56. The van der Waals surface area contributed by atoms with Crippen LogP contribution in [0.2, 0.25) is 0 Å². The van der Waals surface area contributed by atoms with Crippen LogP contribution in [0.25, 0.3) is 0 Å². The lowest BCUT2D eigenvalue weighted by molar-refractivity contribution is -0.113. The van der Waals surface area contributed by atoms with E-state index in [1.54, 1.807) is 0 Å². The summed E-state index contributed by atoms with van der Waals surface area (Å²) >= 11 is 1.40. The molecule has 1 aromatic heterocycles. The molecule has 0 unspecified atom stereocenters. The van der Waals surface area contributed by atoms with Crippen molar-refractivity contribution in [2.75, 3.05) is 16.4 Å². The number of thioether (sulfide) groups is 1. The molecular formula is C22H27N5OS. The highest BCUT2D eigenvalue weighted by molar-refractivity contribution is 7.99. The highest BCUT2D eigenvalue weighted by Gasteiger charge is 2.13. The Morgan fingerprint density at radius 3 is 2.34 bits per heavy atom. The minimum absolute atomic E-state index is 0.0516. The summed E-state index contributed by atoms with van der Waals surface area (Å²) in [6, 6.07) is 16.2. The first-order chi connectivity index (χ1) is 14.1. The van der Waals surface area contributed by atoms with Gasteiger partial charge in [-0.3, -0.25) is 4.79 Å². The third-order valence-electron chi connectivity index (χ3n) is 4.59. The Hall–Kier alpha value is -2.80. The number of aryl methyl sites for hydroxylation is 2. The normalized spacial score (nSPS) is 10.7. The summed E-state index contributed by atoms with van der Waals surface area (Å²) in [5.74, 6) is 1.09. The molecule has 0 atom stereocenters. The molecule has 0 aliphatic heterocycles. The molecule has 0 fully saturated rings. The lowest BCUT2D eigenvalue weighted by Gasteiger charge is -2.09. The molecule has 0 radical (unpaired) electrons. The molecule has 6 nitrogen and oxygen atoms in total. The minimum Gasteiger partial charge on any atom is -0.378 e. The van der Waals surface area contributed by atoms with Crippen molar-refractivity contribution in [2.24, 2.45) is 0 Å². The third kappa shape index (κ3) is 5.84. The number of amides is 1. The smallest absolute Gasteiger partial charge is 0.234 e. The average molecular weight is 410 g/mol. The molecule has 2 aromatic carbocycles. The Kier molecular flexibility index (Phi) is 7.30. The molecule has 0 spiro atoms. The second-order valence-corrected chi connectivity index (χ2v) is 7.69. The molecule has 1 amide bonds. The molecule has 3 rings (SSSR count). The van der Waals surface area contributed by atoms with Crippen molar-refractivity contribution >= 4 is 29.0 Å². The van der Waals surface area contributed by atoms with Crippen LogP contribution in [0.4, 0.5) is 11.4 Å². The predicted octanol–water partition coefficient (Wildman–Crippen LogP) is 4.51. The van der Waals surface area contributed by atoms with Gasteiger partial charge in [0.2, 0.25) is 5.91 Å². The predicted molar refractivity (Wildman–Crippen MR) is 119 cm³/mol. The summed E-state index contributed by atoms with van der Waals surface area (Å²) in [4.78, 5) is 12.3. The number of benzene rings is 2. The van der Waals surface area contributed by atoms with E-state index in [1.807, 2.05) is 28.8 Å². The Labute approximate surface area is 176 Å². The van der Waals surface area contributed by atoms with Crippen molar-refractivity contribution in [3.63, 3.8) is 0 Å². The molecule has 29 heavy (non-hydrogen) atoms. The number of anilines is 2. The molecule has 152 valence electrons. The highest BCUT2D eigenvalue weighted by atomic mass is 32.2. The van der Waals surface area contributed by atoms with Crippen molar-refractivity contribution in [1.82, 2.24) is 14.8 Å². The number of carbonyl (C=O) groups excluding carboxylic acids is 1. The van der Waals surface area contributed by atoms with Gasteiger partial charge in [-0.05, 0) is 50.1 Å². The molecule has 0 saturated carbocycles. The number of rotatable bonds is 9. The summed E-state index contributed by atoms with van der Waals surface area (Å²) < 4.78 is 2.04. The van der Waals surface area contributed by atoms with E-state index in [0.717, 1.165) is 35.3 Å². The Morgan fingerprint density at radius 1 is 1.00 bits per heavy atom. The summed E-state index contributed by atoms with van der Waals surface area (Å²) in [7, 11) is 0. The number of nitrogens with one attached hydrogen (secondary N) is 2. The van der Waals surface area contributed by atoms with E-state index >= 15 is 0 Å². The summed E-state index contributed by atoms with van der Waals surface area (Å²) in [6.07, 6.45) is 0.984. The number of nitrogens with zero attached hydrogens (tertiary/aromatic N) is 3. The molecule has 3 aromatic rings. The van der Waals surface area contributed by atoms with Gasteiger partial charge < -0.3 is 15.2 Å². The molecule has 0 aliphatic carbocycles. The largest absolute Gasteiger partial charge is 0.378 e. The van der Waals surface area contributed by atoms with E-state index in [1.165, 1.54) is 22.9 Å². The second kappa shape index (κ2) is 10.1. The van der Waals surface area contributed by atoms with Crippen LogP contribution in [-0.2, 0) is 24.3 Å². The zero-order chi connectivity index (χ0) is 20.6. The highest BCUT2D eigenvalue weighted by Crippen LogP contribution is 2.19. The molecule has 0 saturated heterocycles. The fraction of sp³-hybridized carbons (Fsp3) is 0.318. The summed E-state index contributed by atoms with van der Waals surface area (Å²) in [5.41, 5.74) is 4.34. The number of carbonyl (C=O) groups is 1. The number of hydrogen-bond acceptors (Lipinski definition) is 5. The van der Waals surface area contributed by atoms with E-state index in [2.05, 4.69) is 65.9 Å². The first-order valence-corrected chi connectivity index (χ1v) is 10.8. The van der Waals surface area contributed by atoms with Crippen LogP contribution >= 0.6 is 11.8 Å². The molecule has 0 aliphatic rings. The average Bonchev–Trinajstić information content (AvgIpc) is 3.14. The van der Waals surface area contributed by atoms with Gasteiger partial charge in [-0.25, -0.2) is 0 Å². The van der Waals surface area contributed by atoms with E-state index in [4.69, 9.17) is 0 Å². The van der Waals surface area contributed by atoms with Gasteiger partial charge in [0.1, 0.15) is 0 Å². The maximum absolute atomic E-state index is 12.3. The van der Waals surface area contributed by atoms with Gasteiger partial charge in [-0.2, -0.15) is 0 Å². The maximum atomic E-state index is 12.3. The van der Waals surface area contributed by atoms with Gasteiger partial charge in [0.15, 0.2) is 11.0 Å². The van der Waals surface area contributed by atoms with Gasteiger partial charge in [-0.1, -0.05) is 48.5 Å². The van der Waals surface area contributed by atoms with E-state index in [-0.39, 0.29) is 5.91 Å². The SMILES string of the molecule is CCc1ccc(NC(=O)CSc2nnc(CNc3ccc(C)cc3)n2CC)cc1. The van der Waals surface area contributed by atoms with Crippen LogP contribution in [0.3, 0.4) is 0 Å². The van der Waals surface area contributed by atoms with Gasteiger partial charge in [0.25, 0.3) is 0 Å². The van der Waals surface area contributed by atoms with E-state index in [9.17, 15) is 4.79 Å². The zero-order valence-electron chi connectivity index (χ0n) is 17.1. The number of hydrogen-bond donors (Lipinski definition) is 2. The van der Waals surface area contributed by atoms with Crippen LogP contribution in [0.1, 0.15) is 30.8 Å².